The molecule has 10 nitrogen and oxygen atoms in total. The van der Waals surface area contributed by atoms with E-state index in [4.69, 9.17) is 16.2 Å². The van der Waals surface area contributed by atoms with Gasteiger partial charge in [0.25, 0.3) is 0 Å². The van der Waals surface area contributed by atoms with Crippen molar-refractivity contribution < 1.29 is 33.4 Å². The Balaban J connectivity index is 1.75. The van der Waals surface area contributed by atoms with Crippen LogP contribution < -0.4 is 21.1 Å². The van der Waals surface area contributed by atoms with Gasteiger partial charge in [0, 0.05) is 5.41 Å². The highest BCUT2D eigenvalue weighted by Gasteiger charge is 2.36. The van der Waals surface area contributed by atoms with Crippen LogP contribution in [0, 0.1) is 19.3 Å². The van der Waals surface area contributed by atoms with E-state index >= 15 is 0 Å². The van der Waals surface area contributed by atoms with Gasteiger partial charge in [0.05, 0.1) is 41.1 Å². The van der Waals surface area contributed by atoms with Crippen molar-refractivity contribution >= 4 is 37.9 Å². The van der Waals surface area contributed by atoms with Crippen LogP contribution in [0.1, 0.15) is 24.0 Å². The standard InChI is InChI=1S/C24H31N3O7P2/c1-15-3-5-18-22(20(15)25)34-23-19(6-4-16(2)21(23)26)27(18)17-7-9-24(10-8-17,11-13-35(28,29)30)12-14-36(31,32)33/h3-10,17H,11-14,25-26H2,1-2H3,(H2,28,29,30)(H2,31,32,33). The van der Waals surface area contributed by atoms with E-state index < -0.39 is 32.9 Å². The van der Waals surface area contributed by atoms with E-state index in [2.05, 4.69) is 0 Å². The molecule has 0 amide bonds. The molecule has 194 valence electrons. The summed E-state index contributed by atoms with van der Waals surface area (Å²) in [5.41, 5.74) is 16.0. The topological polar surface area (TPSA) is 180 Å². The number of nitrogens with two attached hydrogens (primary N) is 2. The van der Waals surface area contributed by atoms with E-state index in [1.807, 2.05) is 55.2 Å². The summed E-state index contributed by atoms with van der Waals surface area (Å²) < 4.78 is 29.3. The molecule has 0 bridgehead atoms. The summed E-state index contributed by atoms with van der Waals surface area (Å²) in [5.74, 6) is 0.975. The average Bonchev–Trinajstić information content (AvgIpc) is 2.80. The SMILES string of the molecule is Cc1ccc2c(c1N)Oc1c(ccc(C)c1N)N2C1C=CC(CCP(=O)(O)O)(CCP(=O)(O)O)C=C1. The summed E-state index contributed by atoms with van der Waals surface area (Å²) in [7, 11) is -8.61. The molecule has 8 N–H and O–H groups in total. The molecule has 2 aromatic carbocycles. The Bertz CT molecular complexity index is 1250. The predicted molar refractivity (Wildman–Crippen MR) is 141 cm³/mol. The van der Waals surface area contributed by atoms with Crippen LogP contribution in [0.2, 0.25) is 0 Å². The Morgan fingerprint density at radius 2 is 1.25 bits per heavy atom. The first-order chi connectivity index (χ1) is 16.7. The van der Waals surface area contributed by atoms with E-state index in [1.165, 1.54) is 0 Å². The molecule has 0 atom stereocenters. The second kappa shape index (κ2) is 9.38. The number of ether oxygens (including phenoxy) is 1. The maximum atomic E-state index is 11.6. The zero-order valence-corrected chi connectivity index (χ0v) is 21.8. The van der Waals surface area contributed by atoms with Gasteiger partial charge in [0.15, 0.2) is 11.5 Å². The summed E-state index contributed by atoms with van der Waals surface area (Å²) >= 11 is 0. The molecule has 0 spiro atoms. The van der Waals surface area contributed by atoms with Gasteiger partial charge in [-0.05, 0) is 49.9 Å². The fourth-order valence-electron chi connectivity index (χ4n) is 4.56. The number of fused-ring (bicyclic) bond motifs is 2. The van der Waals surface area contributed by atoms with Crippen molar-refractivity contribution in [2.24, 2.45) is 5.41 Å². The molecule has 0 saturated carbocycles. The molecule has 0 fully saturated rings. The van der Waals surface area contributed by atoms with Crippen molar-refractivity contribution in [3.63, 3.8) is 0 Å². The number of hydrogen-bond donors (Lipinski definition) is 6. The van der Waals surface area contributed by atoms with Crippen LogP contribution in [0.3, 0.4) is 0 Å². The molecular formula is C24H31N3O7P2. The highest BCUT2D eigenvalue weighted by molar-refractivity contribution is 7.52. The zero-order valence-electron chi connectivity index (χ0n) is 20.0. The molecule has 12 heteroatoms. The predicted octanol–water partition coefficient (Wildman–Crippen LogP) is 4.33. The number of anilines is 4. The fraction of sp³-hybridized carbons (Fsp3) is 0.333. The van der Waals surface area contributed by atoms with Crippen LogP contribution in [-0.2, 0) is 9.13 Å². The van der Waals surface area contributed by atoms with Gasteiger partial charge in [0.1, 0.15) is 0 Å². The number of nitrogens with zero attached hydrogens (tertiary/aromatic N) is 1. The lowest BCUT2D eigenvalue weighted by Crippen LogP contribution is -2.34. The van der Waals surface area contributed by atoms with Crippen molar-refractivity contribution in [2.75, 3.05) is 28.7 Å². The molecule has 0 aromatic heterocycles. The van der Waals surface area contributed by atoms with Crippen molar-refractivity contribution in [3.05, 3.63) is 59.7 Å². The molecule has 1 aliphatic heterocycles. The number of hydrogen-bond acceptors (Lipinski definition) is 6. The highest BCUT2D eigenvalue weighted by Crippen LogP contribution is 2.54. The normalized spacial score (nSPS) is 17.0. The third-order valence-corrected chi connectivity index (χ3v) is 8.41. The smallest absolute Gasteiger partial charge is 0.325 e. The molecule has 36 heavy (non-hydrogen) atoms. The molecule has 0 radical (unpaired) electrons. The summed E-state index contributed by atoms with van der Waals surface area (Å²) in [6, 6.07) is 7.27. The molecular weight excluding hydrogens is 504 g/mol. The Morgan fingerprint density at radius 1 is 0.833 bits per heavy atom. The van der Waals surface area contributed by atoms with E-state index in [1.54, 1.807) is 12.2 Å². The third kappa shape index (κ3) is 5.39. The van der Waals surface area contributed by atoms with Crippen LogP contribution in [-0.4, -0.2) is 37.9 Å². The first-order valence-electron chi connectivity index (χ1n) is 11.4. The lowest BCUT2D eigenvalue weighted by atomic mass is 9.78. The summed E-state index contributed by atoms with van der Waals surface area (Å²) in [6.45, 7) is 3.77. The van der Waals surface area contributed by atoms with Crippen LogP contribution >= 0.6 is 15.2 Å². The zero-order chi connectivity index (χ0) is 26.5. The van der Waals surface area contributed by atoms with Crippen LogP contribution in [0.4, 0.5) is 22.7 Å². The summed E-state index contributed by atoms with van der Waals surface area (Å²) in [4.78, 5) is 39.7. The number of allylic oxidation sites excluding steroid dienone is 2. The number of rotatable bonds is 7. The van der Waals surface area contributed by atoms with Gasteiger partial charge < -0.3 is 40.7 Å². The second-order valence-corrected chi connectivity index (χ2v) is 13.0. The molecule has 0 unspecified atom stereocenters. The second-order valence-electron chi connectivity index (χ2n) is 9.48. The molecule has 4 rings (SSSR count). The maximum Gasteiger partial charge on any atom is 0.325 e. The maximum absolute atomic E-state index is 11.6. The van der Waals surface area contributed by atoms with Gasteiger partial charge >= 0.3 is 15.2 Å². The molecule has 1 aliphatic carbocycles. The largest absolute Gasteiger partial charge is 0.449 e. The van der Waals surface area contributed by atoms with Gasteiger partial charge in [-0.1, -0.05) is 36.4 Å². The van der Waals surface area contributed by atoms with Gasteiger partial charge in [-0.25, -0.2) is 0 Å². The van der Waals surface area contributed by atoms with Gasteiger partial charge in [-0.3, -0.25) is 9.13 Å². The van der Waals surface area contributed by atoms with Crippen LogP contribution in [0.15, 0.2) is 48.6 Å². The summed E-state index contributed by atoms with van der Waals surface area (Å²) in [6.07, 6.45) is 6.59. The number of aryl methyl sites for hydroxylation is 2. The molecule has 2 aromatic rings. The van der Waals surface area contributed by atoms with E-state index in [0.717, 1.165) is 22.5 Å². The van der Waals surface area contributed by atoms with Crippen molar-refractivity contribution in [1.82, 2.24) is 0 Å². The lowest BCUT2D eigenvalue weighted by Gasteiger charge is -2.40. The number of benzene rings is 2. The third-order valence-electron chi connectivity index (χ3n) is 6.80. The van der Waals surface area contributed by atoms with Crippen molar-refractivity contribution in [3.8, 4) is 11.5 Å². The molecule has 2 aliphatic rings. The Kier molecular flexibility index (Phi) is 6.90. The first-order valence-corrected chi connectivity index (χ1v) is 15.0. The Labute approximate surface area is 209 Å². The minimum absolute atomic E-state index is 0.0472. The van der Waals surface area contributed by atoms with E-state index in [0.29, 0.717) is 22.9 Å². The fourth-order valence-corrected chi connectivity index (χ4v) is 5.97. The Morgan fingerprint density at radius 3 is 1.64 bits per heavy atom. The first kappa shape index (κ1) is 26.5. The van der Waals surface area contributed by atoms with Crippen molar-refractivity contribution in [1.29, 1.82) is 0 Å². The van der Waals surface area contributed by atoms with Gasteiger partial charge in [0.2, 0.25) is 0 Å². The van der Waals surface area contributed by atoms with Crippen molar-refractivity contribution in [2.45, 2.75) is 32.7 Å². The quantitative estimate of drug-likeness (QED) is 0.170. The van der Waals surface area contributed by atoms with E-state index in [9.17, 15) is 28.7 Å². The monoisotopic (exact) mass is 535 g/mol. The van der Waals surface area contributed by atoms with Crippen LogP contribution in [0.25, 0.3) is 0 Å². The molecule has 0 saturated heterocycles. The minimum Gasteiger partial charge on any atom is -0.449 e. The van der Waals surface area contributed by atoms with Crippen LogP contribution in [0.5, 0.6) is 11.5 Å². The average molecular weight is 535 g/mol. The Hall–Kier alpha value is -2.58. The number of nitrogen functional groups attached to an aromatic ring is 2. The van der Waals surface area contributed by atoms with Gasteiger partial charge in [-0.15, -0.1) is 0 Å². The lowest BCUT2D eigenvalue weighted by molar-refractivity contribution is 0.347. The summed E-state index contributed by atoms with van der Waals surface area (Å²) in [5, 5.41) is 0. The van der Waals surface area contributed by atoms with Gasteiger partial charge in [-0.2, -0.15) is 0 Å². The molecule has 1 heterocycles. The minimum atomic E-state index is -4.31. The van der Waals surface area contributed by atoms with E-state index in [-0.39, 0.29) is 18.9 Å². The highest BCUT2D eigenvalue weighted by atomic mass is 31.2.